The first-order valence-corrected chi connectivity index (χ1v) is 9.19. The first kappa shape index (κ1) is 14.8. The number of hydrogen-bond acceptors (Lipinski definition) is 3. The van der Waals surface area contributed by atoms with Gasteiger partial charge < -0.3 is 9.64 Å². The lowest BCUT2D eigenvalue weighted by atomic mass is 9.83. The van der Waals surface area contributed by atoms with E-state index in [0.29, 0.717) is 6.42 Å². The Kier molecular flexibility index (Phi) is 3.85. The number of para-hydroxylation sites is 1. The standard InChI is InChI=1S/C19H21NO2S/c21-18(14-16-5-3-13-23-16)20-11-9-19(10-12-20)8-7-15-4-1-2-6-17(15)22-19/h1-6,13H,7-12,14H2. The van der Waals surface area contributed by atoms with Crippen molar-refractivity contribution in [2.75, 3.05) is 13.1 Å². The van der Waals surface area contributed by atoms with Crippen molar-refractivity contribution in [2.45, 2.75) is 37.7 Å². The van der Waals surface area contributed by atoms with Crippen molar-refractivity contribution in [2.24, 2.45) is 0 Å². The van der Waals surface area contributed by atoms with Gasteiger partial charge in [-0.3, -0.25) is 4.79 Å². The molecule has 1 aromatic heterocycles. The second-order valence-electron chi connectivity index (χ2n) is 6.53. The van der Waals surface area contributed by atoms with Crippen LogP contribution in [0.3, 0.4) is 0 Å². The SMILES string of the molecule is O=C(Cc1cccs1)N1CCC2(CCc3ccccc3O2)CC1. The first-order chi connectivity index (χ1) is 11.2. The number of carbonyl (C=O) groups is 1. The predicted octanol–water partition coefficient (Wildman–Crippen LogP) is 3.68. The Morgan fingerprint density at radius 1 is 1.13 bits per heavy atom. The van der Waals surface area contributed by atoms with Gasteiger partial charge in [-0.1, -0.05) is 24.3 Å². The van der Waals surface area contributed by atoms with Crippen LogP contribution in [0, 0.1) is 0 Å². The van der Waals surface area contributed by atoms with E-state index < -0.39 is 0 Å². The predicted molar refractivity (Wildman–Crippen MR) is 92.0 cm³/mol. The summed E-state index contributed by atoms with van der Waals surface area (Å²) >= 11 is 1.66. The molecule has 0 aliphatic carbocycles. The van der Waals surface area contributed by atoms with Crippen LogP contribution in [0.4, 0.5) is 0 Å². The normalized spacial score (nSPS) is 19.2. The minimum Gasteiger partial charge on any atom is -0.487 e. The van der Waals surface area contributed by atoms with E-state index in [4.69, 9.17) is 4.74 Å². The molecule has 2 aliphatic heterocycles. The highest BCUT2D eigenvalue weighted by molar-refractivity contribution is 7.10. The number of amides is 1. The molecule has 1 fully saturated rings. The summed E-state index contributed by atoms with van der Waals surface area (Å²) in [5.41, 5.74) is 1.25. The molecule has 2 aromatic rings. The molecule has 1 amide bonds. The summed E-state index contributed by atoms with van der Waals surface area (Å²) < 4.78 is 6.36. The molecule has 23 heavy (non-hydrogen) atoms. The molecule has 2 aliphatic rings. The second kappa shape index (κ2) is 6.00. The molecule has 3 heterocycles. The van der Waals surface area contributed by atoms with Gasteiger partial charge in [-0.15, -0.1) is 11.3 Å². The fourth-order valence-electron chi connectivity index (χ4n) is 3.65. The number of carbonyl (C=O) groups excluding carboxylic acids is 1. The number of nitrogens with zero attached hydrogens (tertiary/aromatic N) is 1. The molecular weight excluding hydrogens is 306 g/mol. The van der Waals surface area contributed by atoms with Gasteiger partial charge in [0.15, 0.2) is 0 Å². The number of thiophene rings is 1. The average Bonchev–Trinajstić information content (AvgIpc) is 3.08. The van der Waals surface area contributed by atoms with Gasteiger partial charge in [0.05, 0.1) is 6.42 Å². The average molecular weight is 327 g/mol. The lowest BCUT2D eigenvalue weighted by Crippen LogP contribution is -2.51. The van der Waals surface area contributed by atoms with Crippen LogP contribution < -0.4 is 4.74 Å². The third-order valence-corrected chi connectivity index (χ3v) is 5.96. The quantitative estimate of drug-likeness (QED) is 0.842. The number of benzene rings is 1. The summed E-state index contributed by atoms with van der Waals surface area (Å²) in [6.07, 6.45) is 4.57. The maximum atomic E-state index is 12.4. The molecule has 0 saturated carbocycles. The summed E-state index contributed by atoms with van der Waals surface area (Å²) in [5, 5.41) is 2.03. The summed E-state index contributed by atoms with van der Waals surface area (Å²) in [5.74, 6) is 1.29. The van der Waals surface area contributed by atoms with Crippen molar-refractivity contribution < 1.29 is 9.53 Å². The maximum Gasteiger partial charge on any atom is 0.227 e. The highest BCUT2D eigenvalue weighted by Gasteiger charge is 2.40. The second-order valence-corrected chi connectivity index (χ2v) is 7.56. The van der Waals surface area contributed by atoms with E-state index in [9.17, 15) is 4.79 Å². The summed E-state index contributed by atoms with van der Waals surface area (Å²) in [6, 6.07) is 12.4. The lowest BCUT2D eigenvalue weighted by molar-refractivity contribution is -0.134. The topological polar surface area (TPSA) is 29.5 Å². The van der Waals surface area contributed by atoms with Crippen LogP contribution >= 0.6 is 11.3 Å². The minimum absolute atomic E-state index is 0.0614. The van der Waals surface area contributed by atoms with Crippen molar-refractivity contribution in [1.82, 2.24) is 4.90 Å². The van der Waals surface area contributed by atoms with Gasteiger partial charge in [0.1, 0.15) is 11.4 Å². The van der Waals surface area contributed by atoms with E-state index in [1.54, 1.807) is 11.3 Å². The number of ether oxygens (including phenoxy) is 1. The van der Waals surface area contributed by atoms with Crippen molar-refractivity contribution in [3.05, 3.63) is 52.2 Å². The zero-order valence-corrected chi connectivity index (χ0v) is 14.0. The van der Waals surface area contributed by atoms with Gasteiger partial charge in [0.2, 0.25) is 5.91 Å². The highest BCUT2D eigenvalue weighted by Crippen LogP contribution is 2.39. The summed E-state index contributed by atoms with van der Waals surface area (Å²) in [6.45, 7) is 1.62. The van der Waals surface area contributed by atoms with Crippen molar-refractivity contribution in [1.29, 1.82) is 0 Å². The van der Waals surface area contributed by atoms with Gasteiger partial charge in [0.25, 0.3) is 0 Å². The Balaban J connectivity index is 1.39. The monoisotopic (exact) mass is 327 g/mol. The molecule has 1 saturated heterocycles. The Morgan fingerprint density at radius 3 is 2.74 bits per heavy atom. The smallest absolute Gasteiger partial charge is 0.227 e. The molecule has 120 valence electrons. The fourth-order valence-corrected chi connectivity index (χ4v) is 4.34. The number of aryl methyl sites for hydroxylation is 1. The third-order valence-electron chi connectivity index (χ3n) is 5.08. The largest absolute Gasteiger partial charge is 0.487 e. The first-order valence-electron chi connectivity index (χ1n) is 8.31. The minimum atomic E-state index is -0.0614. The zero-order chi connectivity index (χ0) is 15.7. The number of fused-ring (bicyclic) bond motifs is 1. The van der Waals surface area contributed by atoms with Crippen molar-refractivity contribution >= 4 is 17.2 Å². The van der Waals surface area contributed by atoms with Gasteiger partial charge >= 0.3 is 0 Å². The molecule has 0 unspecified atom stereocenters. The highest BCUT2D eigenvalue weighted by atomic mass is 32.1. The van der Waals surface area contributed by atoms with Crippen LogP contribution in [-0.4, -0.2) is 29.5 Å². The number of likely N-dealkylation sites (tertiary alicyclic amines) is 1. The Morgan fingerprint density at radius 2 is 1.96 bits per heavy atom. The van der Waals surface area contributed by atoms with Crippen LogP contribution in [0.2, 0.25) is 0 Å². The Bertz CT molecular complexity index is 687. The molecule has 4 rings (SSSR count). The van der Waals surface area contributed by atoms with Gasteiger partial charge in [0, 0.05) is 30.8 Å². The van der Waals surface area contributed by atoms with Crippen LogP contribution in [0.5, 0.6) is 5.75 Å². The van der Waals surface area contributed by atoms with Gasteiger partial charge in [-0.2, -0.15) is 0 Å². The molecule has 0 atom stereocenters. The van der Waals surface area contributed by atoms with Crippen LogP contribution in [0.1, 0.15) is 29.7 Å². The Hall–Kier alpha value is -1.81. The molecule has 1 spiro atoms. The van der Waals surface area contributed by atoms with Crippen molar-refractivity contribution in [3.63, 3.8) is 0 Å². The Labute approximate surface area is 140 Å². The van der Waals surface area contributed by atoms with Gasteiger partial charge in [-0.05, 0) is 35.9 Å². The lowest BCUT2D eigenvalue weighted by Gasteiger charge is -2.44. The van der Waals surface area contributed by atoms with E-state index in [0.717, 1.165) is 49.4 Å². The summed E-state index contributed by atoms with van der Waals surface area (Å²) in [7, 11) is 0. The van der Waals surface area contributed by atoms with Crippen LogP contribution in [-0.2, 0) is 17.6 Å². The molecule has 0 radical (unpaired) electrons. The van der Waals surface area contributed by atoms with E-state index >= 15 is 0 Å². The molecular formula is C19H21NO2S. The fraction of sp³-hybridized carbons (Fsp3) is 0.421. The molecule has 0 bridgehead atoms. The van der Waals surface area contributed by atoms with E-state index in [1.165, 1.54) is 5.56 Å². The van der Waals surface area contributed by atoms with E-state index in [1.807, 2.05) is 28.5 Å². The summed E-state index contributed by atoms with van der Waals surface area (Å²) in [4.78, 5) is 15.6. The molecule has 4 heteroatoms. The number of piperidine rings is 1. The van der Waals surface area contributed by atoms with E-state index in [-0.39, 0.29) is 11.5 Å². The molecule has 0 N–H and O–H groups in total. The zero-order valence-electron chi connectivity index (χ0n) is 13.2. The van der Waals surface area contributed by atoms with Gasteiger partial charge in [-0.25, -0.2) is 0 Å². The van der Waals surface area contributed by atoms with Crippen LogP contribution in [0.15, 0.2) is 41.8 Å². The van der Waals surface area contributed by atoms with Crippen molar-refractivity contribution in [3.8, 4) is 5.75 Å². The van der Waals surface area contributed by atoms with E-state index in [2.05, 4.69) is 18.2 Å². The molecule has 1 aromatic carbocycles. The number of rotatable bonds is 2. The third kappa shape index (κ3) is 3.00. The molecule has 3 nitrogen and oxygen atoms in total. The van der Waals surface area contributed by atoms with Crippen LogP contribution in [0.25, 0.3) is 0 Å². The number of hydrogen-bond donors (Lipinski definition) is 0. The maximum absolute atomic E-state index is 12.4.